The van der Waals surface area contributed by atoms with E-state index < -0.39 is 5.60 Å². The summed E-state index contributed by atoms with van der Waals surface area (Å²) in [6, 6.07) is 12.2. The number of pyridine rings is 1. The van der Waals surface area contributed by atoms with Crippen LogP contribution in [0.3, 0.4) is 0 Å². The van der Waals surface area contributed by atoms with Crippen LogP contribution in [0, 0.1) is 5.92 Å². The van der Waals surface area contributed by atoms with Gasteiger partial charge in [0.05, 0.1) is 12.2 Å². The molecule has 0 amide bonds. The number of anilines is 3. The van der Waals surface area contributed by atoms with Gasteiger partial charge in [-0.1, -0.05) is 12.1 Å². The van der Waals surface area contributed by atoms with E-state index in [0.29, 0.717) is 29.2 Å². The molecule has 2 N–H and O–H groups in total. The summed E-state index contributed by atoms with van der Waals surface area (Å²) in [5, 5.41) is 15.2. The van der Waals surface area contributed by atoms with Gasteiger partial charge < -0.3 is 20.2 Å². The topological polar surface area (TPSA) is 104 Å². The number of piperazine rings is 1. The Morgan fingerprint density at radius 3 is 2.60 bits per heavy atom. The van der Waals surface area contributed by atoms with Crippen LogP contribution in [0.4, 0.5) is 17.3 Å². The predicted octanol–water partition coefficient (Wildman–Crippen LogP) is 3.20. The fourth-order valence-corrected chi connectivity index (χ4v) is 6.13. The van der Waals surface area contributed by atoms with Crippen LogP contribution in [-0.4, -0.2) is 67.5 Å². The molecule has 206 valence electrons. The van der Waals surface area contributed by atoms with E-state index in [9.17, 15) is 9.90 Å². The Hall–Kier alpha value is -4.02. The number of likely N-dealkylation sites (N-methyl/N-ethyl adjacent to an activating group) is 1. The van der Waals surface area contributed by atoms with Crippen LogP contribution in [0.2, 0.25) is 0 Å². The van der Waals surface area contributed by atoms with Crippen molar-refractivity contribution in [2.45, 2.75) is 37.8 Å². The number of hydrogen-bond donors (Lipinski definition) is 2. The molecule has 0 radical (unpaired) electrons. The van der Waals surface area contributed by atoms with Gasteiger partial charge in [0.2, 0.25) is 5.95 Å². The maximum atomic E-state index is 13.4. The number of nitrogens with zero attached hydrogens (tertiary/aromatic N) is 7. The summed E-state index contributed by atoms with van der Waals surface area (Å²) in [6.07, 6.45) is 6.79. The minimum Gasteiger partial charge on any atom is -0.383 e. The van der Waals surface area contributed by atoms with Crippen LogP contribution in [-0.2, 0) is 18.6 Å². The first-order valence-corrected chi connectivity index (χ1v) is 14.1. The van der Waals surface area contributed by atoms with Gasteiger partial charge in [0, 0.05) is 43.8 Å². The van der Waals surface area contributed by atoms with Crippen molar-refractivity contribution < 1.29 is 5.11 Å². The first kappa shape index (κ1) is 25.0. The van der Waals surface area contributed by atoms with Gasteiger partial charge in [0.15, 0.2) is 11.5 Å². The van der Waals surface area contributed by atoms with Crippen molar-refractivity contribution in [3.63, 3.8) is 0 Å². The molecule has 0 bridgehead atoms. The molecule has 3 aromatic heterocycles. The molecule has 0 unspecified atom stereocenters. The van der Waals surface area contributed by atoms with Crippen molar-refractivity contribution in [3.05, 3.63) is 76.9 Å². The highest BCUT2D eigenvalue weighted by Crippen LogP contribution is 2.51. The highest BCUT2D eigenvalue weighted by molar-refractivity contribution is 5.77. The van der Waals surface area contributed by atoms with E-state index >= 15 is 0 Å². The molecule has 0 spiro atoms. The molecule has 1 aromatic carbocycles. The van der Waals surface area contributed by atoms with Gasteiger partial charge in [-0.05, 0) is 74.5 Å². The fourth-order valence-electron chi connectivity index (χ4n) is 6.13. The maximum Gasteiger partial charge on any atom is 0.278 e. The lowest BCUT2D eigenvalue weighted by atomic mass is 9.95. The molecular formula is C30H34N8O2. The van der Waals surface area contributed by atoms with Crippen molar-refractivity contribution >= 4 is 28.4 Å². The van der Waals surface area contributed by atoms with Gasteiger partial charge in [-0.3, -0.25) is 4.79 Å². The second-order valence-electron chi connectivity index (χ2n) is 11.3. The quantitative estimate of drug-likeness (QED) is 0.346. The van der Waals surface area contributed by atoms with Gasteiger partial charge in [0.25, 0.3) is 5.56 Å². The molecular weight excluding hydrogens is 504 g/mol. The molecule has 1 aliphatic heterocycles. The Morgan fingerprint density at radius 2 is 1.88 bits per heavy atom. The van der Waals surface area contributed by atoms with Crippen LogP contribution in [0.5, 0.6) is 0 Å². The lowest BCUT2D eigenvalue weighted by Crippen LogP contribution is -2.44. The average molecular weight is 539 g/mol. The van der Waals surface area contributed by atoms with E-state index in [4.69, 9.17) is 9.97 Å². The zero-order chi connectivity index (χ0) is 27.4. The minimum absolute atomic E-state index is 0.210. The smallest absolute Gasteiger partial charge is 0.278 e. The first-order chi connectivity index (χ1) is 19.4. The summed E-state index contributed by atoms with van der Waals surface area (Å²) in [7, 11) is 2.15. The number of aryl methyl sites for hydroxylation is 1. The summed E-state index contributed by atoms with van der Waals surface area (Å²) in [4.78, 5) is 32.3. The van der Waals surface area contributed by atoms with Crippen LogP contribution in [0.15, 0.2) is 60.0 Å². The van der Waals surface area contributed by atoms with Crippen molar-refractivity contribution in [2.75, 3.05) is 43.4 Å². The second kappa shape index (κ2) is 9.57. The lowest BCUT2D eigenvalue weighted by Gasteiger charge is -2.34. The summed E-state index contributed by atoms with van der Waals surface area (Å²) >= 11 is 0. The Labute approximate surface area is 232 Å². The third kappa shape index (κ3) is 4.18. The molecule has 2 aliphatic carbocycles. The molecule has 4 aromatic rings. The average Bonchev–Trinajstić information content (AvgIpc) is 3.73. The van der Waals surface area contributed by atoms with Gasteiger partial charge in [-0.25, -0.2) is 19.3 Å². The number of hydrogen-bond acceptors (Lipinski definition) is 8. The van der Waals surface area contributed by atoms with Crippen molar-refractivity contribution in [3.8, 4) is 5.82 Å². The third-order valence-electron chi connectivity index (χ3n) is 8.59. The van der Waals surface area contributed by atoms with Gasteiger partial charge in [-0.15, -0.1) is 6.58 Å². The predicted molar refractivity (Wildman–Crippen MR) is 155 cm³/mol. The number of fused-ring (bicyclic) bond motifs is 2. The molecule has 40 heavy (non-hydrogen) atoms. The number of nitrogens with one attached hydrogen (secondary N) is 1. The summed E-state index contributed by atoms with van der Waals surface area (Å²) in [6.45, 7) is 8.27. The Balaban J connectivity index is 1.24. The highest BCUT2D eigenvalue weighted by atomic mass is 16.3. The van der Waals surface area contributed by atoms with E-state index in [0.717, 1.165) is 62.4 Å². The number of benzene rings is 1. The van der Waals surface area contributed by atoms with E-state index in [1.54, 1.807) is 21.6 Å². The van der Waals surface area contributed by atoms with Crippen LogP contribution < -0.4 is 15.8 Å². The van der Waals surface area contributed by atoms with Crippen molar-refractivity contribution in [1.29, 1.82) is 0 Å². The van der Waals surface area contributed by atoms with Crippen LogP contribution in [0.1, 0.15) is 30.5 Å². The molecule has 1 atom stereocenters. The summed E-state index contributed by atoms with van der Waals surface area (Å²) < 4.78 is 3.30. The zero-order valence-corrected chi connectivity index (χ0v) is 22.8. The normalized spacial score (nSPS) is 21.1. The van der Waals surface area contributed by atoms with Gasteiger partial charge in [0.1, 0.15) is 11.0 Å². The van der Waals surface area contributed by atoms with E-state index in [1.165, 1.54) is 5.69 Å². The Kier molecular flexibility index (Phi) is 5.97. The van der Waals surface area contributed by atoms with Crippen LogP contribution >= 0.6 is 0 Å². The summed E-state index contributed by atoms with van der Waals surface area (Å²) in [5.74, 6) is 1.20. The third-order valence-corrected chi connectivity index (χ3v) is 8.59. The zero-order valence-electron chi connectivity index (χ0n) is 22.8. The maximum absolute atomic E-state index is 13.4. The molecule has 1 saturated carbocycles. The van der Waals surface area contributed by atoms with Crippen molar-refractivity contribution in [1.82, 2.24) is 29.2 Å². The lowest BCUT2D eigenvalue weighted by molar-refractivity contribution is 0.0111. The van der Waals surface area contributed by atoms with E-state index in [1.807, 2.05) is 24.3 Å². The van der Waals surface area contributed by atoms with Gasteiger partial charge in [-0.2, -0.15) is 4.98 Å². The number of allylic oxidation sites excluding steroid dienone is 1. The molecule has 4 heterocycles. The Bertz CT molecular complexity index is 1650. The monoisotopic (exact) mass is 538 g/mol. The van der Waals surface area contributed by atoms with Crippen molar-refractivity contribution in [2.24, 2.45) is 5.92 Å². The molecule has 3 aliphatic rings. The minimum atomic E-state index is -0.893. The SMILES string of the molecule is C=CCn1c(=O)c2cnc(Nc3ccc(N4CCN(C)CC4)cc3)nc2n1-c1ccc2c(n1)[C@@](O)(C1CC1)CC2. The van der Waals surface area contributed by atoms with E-state index in [-0.39, 0.29) is 18.0 Å². The molecule has 10 nitrogen and oxygen atoms in total. The second-order valence-corrected chi connectivity index (χ2v) is 11.3. The number of aromatic nitrogens is 5. The largest absolute Gasteiger partial charge is 0.383 e. The molecule has 1 saturated heterocycles. The van der Waals surface area contributed by atoms with Crippen LogP contribution in [0.25, 0.3) is 16.9 Å². The molecule has 10 heteroatoms. The standard InChI is InChI=1S/C30H34N8O2/c1-3-14-37-28(39)24-19-31-29(32-22-7-9-23(10-8-22)36-17-15-35(2)16-18-36)34-27(24)38(37)25-11-4-20-12-13-30(40,21-5-6-21)26(20)33-25/h3-4,7-11,19,21,40H,1,5-6,12-18H2,2H3,(H,31,32,34)/t30-/m0/s1. The molecule has 7 rings (SSSR count). The fraction of sp³-hybridized carbons (Fsp3) is 0.400. The van der Waals surface area contributed by atoms with Gasteiger partial charge >= 0.3 is 0 Å². The van der Waals surface area contributed by atoms with E-state index in [2.05, 4.69) is 45.9 Å². The molecule has 2 fully saturated rings. The highest BCUT2D eigenvalue weighted by Gasteiger charge is 2.50. The number of rotatable bonds is 7. The Morgan fingerprint density at radius 1 is 1.10 bits per heavy atom. The summed E-state index contributed by atoms with van der Waals surface area (Å²) in [5.41, 5.74) is 3.22. The first-order valence-electron chi connectivity index (χ1n) is 14.1. The number of aliphatic hydroxyl groups is 1.